The first-order valence-electron chi connectivity index (χ1n) is 18.7. The highest BCUT2D eigenvalue weighted by Crippen LogP contribution is 2.37. The van der Waals surface area contributed by atoms with E-state index in [1.165, 1.54) is 30.3 Å². The van der Waals surface area contributed by atoms with Crippen LogP contribution in [-0.2, 0) is 0 Å². The third-order valence-corrected chi connectivity index (χ3v) is 6.21. The second kappa shape index (κ2) is 7.64. The van der Waals surface area contributed by atoms with Gasteiger partial charge in [0.1, 0.15) is 23.0 Å². The highest BCUT2D eigenvalue weighted by molar-refractivity contribution is 6.98. The van der Waals surface area contributed by atoms with Gasteiger partial charge >= 0.3 is 0 Å². The third-order valence-electron chi connectivity index (χ3n) is 6.21. The predicted molar refractivity (Wildman–Crippen MR) is 144 cm³/mol. The van der Waals surface area contributed by atoms with E-state index in [9.17, 15) is 0 Å². The van der Waals surface area contributed by atoms with E-state index >= 15 is 0 Å². The zero-order valence-corrected chi connectivity index (χ0v) is 17.9. The summed E-state index contributed by atoms with van der Waals surface area (Å²) in [5.74, 6) is 0.367. The first-order chi connectivity index (χ1) is 23.7. The number of benzene rings is 5. The Labute approximate surface area is 228 Å². The van der Waals surface area contributed by atoms with Gasteiger partial charge in [-0.05, 0) is 82.2 Å². The Hall–Kier alpha value is -4.24. The Kier molecular flexibility index (Phi) is 2.14. The third kappa shape index (κ3) is 3.12. The largest absolute Gasteiger partial charge is 0.458 e. The van der Waals surface area contributed by atoms with Gasteiger partial charge in [-0.2, -0.15) is 0 Å². The first-order valence-corrected chi connectivity index (χ1v) is 10.7. The van der Waals surface area contributed by atoms with Gasteiger partial charge in [0.05, 0.1) is 13.7 Å². The molecule has 5 aromatic carbocycles. The summed E-state index contributed by atoms with van der Waals surface area (Å²) in [4.78, 5) is 0. The van der Waals surface area contributed by atoms with E-state index in [1.54, 1.807) is 12.1 Å². The highest BCUT2D eigenvalue weighted by atomic mass is 16.5. The molecule has 0 aromatic heterocycles. The highest BCUT2D eigenvalue weighted by Gasteiger charge is 2.40. The zero-order chi connectivity index (χ0) is 37.2. The standard InChI is InChI=1S/C32H23BO2/c1-20-8-3-5-10-24(20)22-14-16-26-30(18-22)34-28-12-7-13-29-32(28)33(26)27-17-15-23(19-31(27)35-29)25-11-6-4-9-21(25)2/h3-19H,1-2H3/i1D3,2D3,3D,4D,5D,6D,8D,9D,10D,11D,12D,13D. The minimum atomic E-state index is -2.90. The minimum Gasteiger partial charge on any atom is -0.458 e. The van der Waals surface area contributed by atoms with Crippen LogP contribution in [0.5, 0.6) is 23.0 Å². The van der Waals surface area contributed by atoms with Crippen LogP contribution in [0.15, 0.2) is 103 Å². The second-order valence-corrected chi connectivity index (χ2v) is 8.15. The molecule has 7 rings (SSSR count). The molecule has 166 valence electrons. The average molecular weight is 466 g/mol. The van der Waals surface area contributed by atoms with Gasteiger partial charge in [-0.1, -0.05) is 78.7 Å². The van der Waals surface area contributed by atoms with Gasteiger partial charge in [-0.15, -0.1) is 0 Å². The predicted octanol–water partition coefficient (Wildman–Crippen LogP) is 6.37. The zero-order valence-electron chi connectivity index (χ0n) is 33.9. The molecule has 0 atom stereocenters. The molecule has 2 nitrogen and oxygen atoms in total. The second-order valence-electron chi connectivity index (χ2n) is 8.15. The Balaban J connectivity index is 1.46. The fourth-order valence-electron chi connectivity index (χ4n) is 4.65. The van der Waals surface area contributed by atoms with Crippen molar-refractivity contribution >= 4 is 23.1 Å². The molecule has 5 aromatic rings. The van der Waals surface area contributed by atoms with Crippen molar-refractivity contribution in [2.45, 2.75) is 13.7 Å². The summed E-state index contributed by atoms with van der Waals surface area (Å²) in [5.41, 5.74) is -0.0386. The fraction of sp³-hybridized carbons (Fsp3) is 0.0625. The molecule has 0 spiro atoms. The lowest BCUT2D eigenvalue weighted by molar-refractivity contribution is 0.464. The molecule has 2 aliphatic rings. The summed E-state index contributed by atoms with van der Waals surface area (Å²) in [6.07, 6.45) is 0. The van der Waals surface area contributed by atoms with Gasteiger partial charge in [-0.3, -0.25) is 0 Å². The van der Waals surface area contributed by atoms with E-state index in [2.05, 4.69) is 0 Å². The normalized spacial score (nSPS) is 19.9. The molecule has 0 amide bonds. The van der Waals surface area contributed by atoms with Gasteiger partial charge in [0.25, 0.3) is 6.71 Å². The average Bonchev–Trinajstić information content (AvgIpc) is 3.06. The first kappa shape index (κ1) is 9.79. The van der Waals surface area contributed by atoms with Gasteiger partial charge in [0.15, 0.2) is 0 Å². The molecular formula is C32H23BO2. The van der Waals surface area contributed by atoms with Crippen LogP contribution in [0, 0.1) is 13.7 Å². The van der Waals surface area contributed by atoms with E-state index in [-0.39, 0.29) is 57.3 Å². The Morgan fingerprint density at radius 3 is 1.66 bits per heavy atom. The van der Waals surface area contributed by atoms with Crippen LogP contribution in [0.4, 0.5) is 0 Å². The van der Waals surface area contributed by atoms with E-state index in [4.69, 9.17) is 31.4 Å². The number of rotatable bonds is 2. The number of hydrogen-bond acceptors (Lipinski definition) is 2. The van der Waals surface area contributed by atoms with Gasteiger partial charge < -0.3 is 9.47 Å². The summed E-state index contributed by atoms with van der Waals surface area (Å²) < 4.78 is 145. The van der Waals surface area contributed by atoms with Crippen LogP contribution >= 0.6 is 0 Å². The van der Waals surface area contributed by atoms with E-state index in [1.807, 2.05) is 0 Å². The van der Waals surface area contributed by atoms with Crippen molar-refractivity contribution in [3.8, 4) is 45.3 Å². The van der Waals surface area contributed by atoms with Gasteiger partial charge in [0.2, 0.25) is 0 Å². The quantitative estimate of drug-likeness (QED) is 0.276. The van der Waals surface area contributed by atoms with Crippen molar-refractivity contribution in [3.63, 3.8) is 0 Å². The van der Waals surface area contributed by atoms with E-state index in [0.717, 1.165) is 0 Å². The molecule has 0 bridgehead atoms. The van der Waals surface area contributed by atoms with Crippen LogP contribution in [0.25, 0.3) is 22.3 Å². The molecule has 0 radical (unpaired) electrons. The lowest BCUT2D eigenvalue weighted by Gasteiger charge is -2.33. The molecule has 35 heavy (non-hydrogen) atoms. The van der Waals surface area contributed by atoms with Crippen LogP contribution < -0.4 is 25.9 Å². The van der Waals surface area contributed by atoms with Gasteiger partial charge in [-0.25, -0.2) is 0 Å². The Morgan fingerprint density at radius 2 is 1.14 bits per heavy atom. The molecule has 2 heterocycles. The Bertz CT molecular complexity index is 2210. The number of ether oxygens (including phenoxy) is 2. The molecule has 0 saturated heterocycles. The minimum absolute atomic E-state index is 0.0400. The lowest BCUT2D eigenvalue weighted by Crippen LogP contribution is -2.57. The van der Waals surface area contributed by atoms with Crippen molar-refractivity contribution in [2.75, 3.05) is 0 Å². The summed E-state index contributed by atoms with van der Waals surface area (Å²) in [6.45, 7) is -6.56. The maximum absolute atomic E-state index is 8.66. The lowest BCUT2D eigenvalue weighted by atomic mass is 9.35. The summed E-state index contributed by atoms with van der Waals surface area (Å²) in [5, 5.41) is 0. The molecule has 0 N–H and O–H groups in total. The fourth-order valence-corrected chi connectivity index (χ4v) is 4.65. The van der Waals surface area contributed by atoms with Crippen molar-refractivity contribution < 1.29 is 31.4 Å². The van der Waals surface area contributed by atoms with Crippen molar-refractivity contribution in [2.24, 2.45) is 0 Å². The van der Waals surface area contributed by atoms with Crippen molar-refractivity contribution in [1.82, 2.24) is 0 Å². The smallest absolute Gasteiger partial charge is 0.260 e. The number of fused-ring (bicyclic) bond motifs is 4. The molecular weight excluding hydrogens is 427 g/mol. The van der Waals surface area contributed by atoms with Crippen LogP contribution in [-0.4, -0.2) is 6.71 Å². The SMILES string of the molecule is [2H]c1cc([2H])c2c3c1Oc1cc(-c4c([2H])c([2H])c([2H])c([2H])c4C([2H])([2H])[2H])ccc1B3c1ccc(-c3c([2H])c([2H])c([2H])c([2H])c3C([2H])([2H])[2H])cc1O2. The van der Waals surface area contributed by atoms with Crippen LogP contribution in [0.2, 0.25) is 0 Å². The Morgan fingerprint density at radius 1 is 0.629 bits per heavy atom. The topological polar surface area (TPSA) is 18.5 Å². The van der Waals surface area contributed by atoms with E-state index in [0.29, 0.717) is 16.4 Å². The maximum atomic E-state index is 8.66. The molecule has 0 aliphatic carbocycles. The van der Waals surface area contributed by atoms with Crippen LogP contribution in [0.1, 0.15) is 33.1 Å². The molecule has 0 unspecified atom stereocenters. The number of hydrogen-bond donors (Lipinski definition) is 0. The van der Waals surface area contributed by atoms with Gasteiger partial charge in [0, 0.05) is 13.7 Å². The molecule has 0 saturated carbocycles. The summed E-state index contributed by atoms with van der Waals surface area (Å²) >= 11 is 0. The monoisotopic (exact) mass is 466 g/mol. The van der Waals surface area contributed by atoms with Crippen LogP contribution in [0.3, 0.4) is 0 Å². The van der Waals surface area contributed by atoms with E-state index < -0.39 is 79.9 Å². The van der Waals surface area contributed by atoms with Crippen molar-refractivity contribution in [3.05, 3.63) is 114 Å². The molecule has 2 aliphatic heterocycles. The van der Waals surface area contributed by atoms with Crippen molar-refractivity contribution in [1.29, 1.82) is 0 Å². The molecule has 3 heteroatoms. The molecule has 0 fully saturated rings. The maximum Gasteiger partial charge on any atom is 0.260 e. The summed E-state index contributed by atoms with van der Waals surface area (Å²) in [6, 6.07) is 4.81. The summed E-state index contributed by atoms with van der Waals surface area (Å²) in [7, 11) is 0.